The normalized spacial score (nSPS) is 26.5. The van der Waals surface area contributed by atoms with Crippen molar-refractivity contribution in [2.75, 3.05) is 47.0 Å². The Morgan fingerprint density at radius 2 is 1.80 bits per heavy atom. The van der Waals surface area contributed by atoms with Crippen molar-refractivity contribution in [3.8, 4) is 5.75 Å². The number of benzene rings is 2. The zero-order valence-corrected chi connectivity index (χ0v) is 26.0. The highest BCUT2D eigenvalue weighted by atomic mass is 16.8. The van der Waals surface area contributed by atoms with Crippen LogP contribution < -0.4 is 15.4 Å². The first kappa shape index (κ1) is 33.8. The summed E-state index contributed by atoms with van der Waals surface area (Å²) < 4.78 is 17.6. The van der Waals surface area contributed by atoms with E-state index in [2.05, 4.69) is 10.6 Å². The van der Waals surface area contributed by atoms with Crippen molar-refractivity contribution in [1.29, 1.82) is 0 Å². The minimum atomic E-state index is -1.72. The van der Waals surface area contributed by atoms with Crippen LogP contribution in [0.15, 0.2) is 42.5 Å². The Morgan fingerprint density at radius 3 is 2.45 bits per heavy atom. The van der Waals surface area contributed by atoms with Gasteiger partial charge in [-0.1, -0.05) is 24.3 Å². The topological polar surface area (TPSA) is 170 Å². The van der Waals surface area contributed by atoms with Crippen LogP contribution in [0, 0.1) is 6.92 Å². The zero-order valence-electron chi connectivity index (χ0n) is 26.0. The third kappa shape index (κ3) is 7.07. The highest BCUT2D eigenvalue weighted by Crippen LogP contribution is 2.49. The second kappa shape index (κ2) is 13.5. The van der Waals surface area contributed by atoms with E-state index >= 15 is 0 Å². The first-order valence-electron chi connectivity index (χ1n) is 14.8. The fourth-order valence-electron chi connectivity index (χ4n) is 5.42. The quantitative estimate of drug-likeness (QED) is 0.180. The number of nitrogens with zero attached hydrogens (tertiary/aromatic N) is 1. The molecule has 2 aromatic rings. The molecule has 12 nitrogen and oxygen atoms in total. The molecule has 0 aromatic heterocycles. The van der Waals surface area contributed by atoms with Gasteiger partial charge in [-0.3, -0.25) is 9.59 Å². The zero-order chi connectivity index (χ0) is 32.3. The van der Waals surface area contributed by atoms with Crippen LogP contribution in [0.1, 0.15) is 42.5 Å². The van der Waals surface area contributed by atoms with Crippen LogP contribution in [-0.4, -0.2) is 114 Å². The molecule has 2 fully saturated rings. The first-order valence-corrected chi connectivity index (χ1v) is 14.8. The number of aryl methyl sites for hydroxylation is 1. The second-order valence-corrected chi connectivity index (χ2v) is 12.5. The average Bonchev–Trinajstić information content (AvgIpc) is 3.36. The number of likely N-dealkylation sites (N-methyl/N-ethyl adjacent to an activating group) is 1. The van der Waals surface area contributed by atoms with Crippen molar-refractivity contribution in [3.05, 3.63) is 64.7 Å². The summed E-state index contributed by atoms with van der Waals surface area (Å²) in [6.45, 7) is 5.85. The van der Waals surface area contributed by atoms with E-state index < -0.39 is 41.8 Å². The van der Waals surface area contributed by atoms with E-state index in [1.807, 2.05) is 62.3 Å². The van der Waals surface area contributed by atoms with E-state index in [0.717, 1.165) is 16.7 Å². The lowest BCUT2D eigenvalue weighted by molar-refractivity contribution is -0.329. The molecule has 0 spiro atoms. The van der Waals surface area contributed by atoms with Gasteiger partial charge in [-0.2, -0.15) is 0 Å². The van der Waals surface area contributed by atoms with E-state index in [1.165, 1.54) is 0 Å². The monoisotopic (exact) mass is 615 g/mol. The fraction of sp³-hybridized carbons (Fsp3) is 0.562. The number of aliphatic hydroxyl groups excluding tert-OH is 4. The van der Waals surface area contributed by atoms with E-state index in [1.54, 1.807) is 19.9 Å². The van der Waals surface area contributed by atoms with Crippen molar-refractivity contribution in [3.63, 3.8) is 0 Å². The van der Waals surface area contributed by atoms with Crippen LogP contribution in [0.3, 0.4) is 0 Å². The Balaban J connectivity index is 1.33. The van der Waals surface area contributed by atoms with Crippen LogP contribution >= 0.6 is 0 Å². The lowest BCUT2D eigenvalue weighted by atomic mass is 9.83. The lowest BCUT2D eigenvalue weighted by Crippen LogP contribution is -2.65. The second-order valence-electron chi connectivity index (χ2n) is 12.5. The molecule has 2 bridgehead atoms. The number of hydrogen-bond acceptors (Lipinski definition) is 10. The molecule has 2 amide bonds. The van der Waals surface area contributed by atoms with E-state index in [9.17, 15) is 30.0 Å². The van der Waals surface area contributed by atoms with Crippen LogP contribution in [-0.2, 0) is 31.3 Å². The summed E-state index contributed by atoms with van der Waals surface area (Å²) in [5, 5.41) is 47.3. The molecule has 0 unspecified atom stereocenters. The Morgan fingerprint density at radius 1 is 1.09 bits per heavy atom. The van der Waals surface area contributed by atoms with Gasteiger partial charge in [0.25, 0.3) is 0 Å². The van der Waals surface area contributed by atoms with E-state index in [0.29, 0.717) is 30.8 Å². The number of amides is 2. The predicted molar refractivity (Wildman–Crippen MR) is 161 cm³/mol. The molecule has 2 aliphatic heterocycles. The molecule has 4 rings (SSSR count). The van der Waals surface area contributed by atoms with Gasteiger partial charge in [0, 0.05) is 18.7 Å². The Labute approximate surface area is 257 Å². The summed E-state index contributed by atoms with van der Waals surface area (Å²) in [4.78, 5) is 26.8. The molecule has 5 atom stereocenters. The van der Waals surface area contributed by atoms with E-state index in [-0.39, 0.29) is 31.4 Å². The molecular weight excluding hydrogens is 570 g/mol. The molecule has 44 heavy (non-hydrogen) atoms. The Kier molecular flexibility index (Phi) is 10.4. The maximum absolute atomic E-state index is 12.5. The molecule has 2 saturated heterocycles. The number of rotatable bonds is 13. The first-order chi connectivity index (χ1) is 20.7. The Hall–Kier alpha value is -3.10. The number of carbonyl (C=O) groups excluding carboxylic acids is 2. The van der Waals surface area contributed by atoms with Crippen LogP contribution in [0.25, 0.3) is 0 Å². The fourth-order valence-corrected chi connectivity index (χ4v) is 5.42. The van der Waals surface area contributed by atoms with Gasteiger partial charge in [-0.05, 0) is 76.2 Å². The van der Waals surface area contributed by atoms with Crippen LogP contribution in [0.5, 0.6) is 5.75 Å². The van der Waals surface area contributed by atoms with Crippen molar-refractivity contribution in [2.24, 2.45) is 0 Å². The SMILES string of the molecule is Cc1ccc([C@]23OC[C@](CO)(O2)[C@@H](O)[C@H](O)[C@H]3O)cc1Cc1ccc(OCCC(=O)NC(C)(C)C(=O)NCCN(C)C)cc1. The standard InChI is InChI=1S/C32H45N3O9/c1-20-6-9-23(32-28(40)26(38)27(39)31(18-36,44-32)19-43-32)17-22(20)16-21-7-10-24(11-8-21)42-15-12-25(37)34-30(2,3)29(41)33-13-14-35(4)5/h6-11,17,26-28,36,38-40H,12-16,18-19H2,1-5H3,(H,33,41)(H,34,37)/t26-,27-,28+,31-,32-/m0/s1. The number of carbonyl (C=O) groups is 2. The number of aliphatic hydroxyl groups is 4. The molecule has 2 heterocycles. The molecule has 0 aliphatic carbocycles. The molecule has 242 valence electrons. The number of ether oxygens (including phenoxy) is 3. The molecule has 0 saturated carbocycles. The molecule has 12 heteroatoms. The average molecular weight is 616 g/mol. The highest BCUT2D eigenvalue weighted by Gasteiger charge is 2.67. The minimum absolute atomic E-state index is 0.0865. The third-order valence-corrected chi connectivity index (χ3v) is 8.26. The molecule has 6 N–H and O–H groups in total. The van der Waals surface area contributed by atoms with Crippen LogP contribution in [0.4, 0.5) is 0 Å². The van der Waals surface area contributed by atoms with Crippen molar-refractivity contribution >= 4 is 11.8 Å². The summed E-state index contributed by atoms with van der Waals surface area (Å²) in [5.41, 5.74) is 0.789. The highest BCUT2D eigenvalue weighted by molar-refractivity contribution is 5.90. The summed E-state index contributed by atoms with van der Waals surface area (Å²) in [5.74, 6) is -1.67. The summed E-state index contributed by atoms with van der Waals surface area (Å²) in [6, 6.07) is 12.9. The molecular formula is C32H45N3O9. The molecule has 2 aliphatic rings. The van der Waals surface area contributed by atoms with Gasteiger partial charge >= 0.3 is 0 Å². The van der Waals surface area contributed by atoms with Crippen molar-refractivity contribution in [1.82, 2.24) is 15.5 Å². The summed E-state index contributed by atoms with van der Waals surface area (Å²) in [7, 11) is 3.83. The number of hydrogen-bond donors (Lipinski definition) is 6. The minimum Gasteiger partial charge on any atom is -0.493 e. The maximum Gasteiger partial charge on any atom is 0.245 e. The molecule has 0 radical (unpaired) electrons. The lowest BCUT2D eigenvalue weighted by Gasteiger charge is -2.46. The van der Waals surface area contributed by atoms with Gasteiger partial charge in [0.2, 0.25) is 17.6 Å². The van der Waals surface area contributed by atoms with Gasteiger partial charge in [0.15, 0.2) is 0 Å². The van der Waals surface area contributed by atoms with Gasteiger partial charge in [0.1, 0.15) is 35.2 Å². The summed E-state index contributed by atoms with van der Waals surface area (Å²) in [6.07, 6.45) is -4.01. The number of nitrogens with one attached hydrogen (secondary N) is 2. The third-order valence-electron chi connectivity index (χ3n) is 8.26. The summed E-state index contributed by atoms with van der Waals surface area (Å²) >= 11 is 0. The largest absolute Gasteiger partial charge is 0.493 e. The van der Waals surface area contributed by atoms with Gasteiger partial charge in [0.05, 0.1) is 26.2 Å². The number of fused-ring (bicyclic) bond motifs is 2. The van der Waals surface area contributed by atoms with Gasteiger partial charge in [-0.15, -0.1) is 0 Å². The van der Waals surface area contributed by atoms with Crippen molar-refractivity contribution < 1.29 is 44.2 Å². The van der Waals surface area contributed by atoms with Gasteiger partial charge in [-0.25, -0.2) is 0 Å². The predicted octanol–water partition coefficient (Wildman–Crippen LogP) is -0.0457. The van der Waals surface area contributed by atoms with E-state index in [4.69, 9.17) is 14.2 Å². The maximum atomic E-state index is 12.5. The van der Waals surface area contributed by atoms with Crippen molar-refractivity contribution in [2.45, 2.75) is 68.9 Å². The molecule has 2 aromatic carbocycles. The smallest absolute Gasteiger partial charge is 0.245 e. The van der Waals surface area contributed by atoms with Gasteiger partial charge < -0.3 is 50.2 Å². The van der Waals surface area contributed by atoms with Crippen LogP contribution in [0.2, 0.25) is 0 Å². The Bertz CT molecular complexity index is 1320.